The molecule has 1 aromatic rings. The average molecular weight is 331 g/mol. The van der Waals surface area contributed by atoms with Crippen molar-refractivity contribution in [1.82, 2.24) is 0 Å². The minimum atomic E-state index is 0. The molecule has 0 bridgehead atoms. The Morgan fingerprint density at radius 2 is 1.00 bits per heavy atom. The molecule has 66 valence electrons. The van der Waals surface area contributed by atoms with Crippen LogP contribution in [0.3, 0.4) is 0 Å². The molecule has 0 aliphatic heterocycles. The maximum Gasteiger partial charge on any atom is 0 e. The van der Waals surface area contributed by atoms with Crippen LogP contribution in [-0.4, -0.2) is 0 Å². The number of hydrogen-bond donors (Lipinski definition) is 0. The second-order valence-electron chi connectivity index (χ2n) is 3.25. The zero-order valence-corrected chi connectivity index (χ0v) is 11.3. The molecule has 0 aliphatic carbocycles. The summed E-state index contributed by atoms with van der Waals surface area (Å²) in [7, 11) is 0. The van der Waals surface area contributed by atoms with Crippen LogP contribution < -0.4 is 0 Å². The van der Waals surface area contributed by atoms with Crippen molar-refractivity contribution in [2.75, 3.05) is 0 Å². The summed E-state index contributed by atoms with van der Waals surface area (Å²) in [5, 5.41) is 0. The Balaban J connectivity index is 0.00000121. The van der Waals surface area contributed by atoms with E-state index in [1.54, 1.807) is 0 Å². The standard InChI is InChI=1S/C11H15.W/c1-7-6-8(2)10(4)11(5)9(7)3;/h1-5H3;/q-1;. The van der Waals surface area contributed by atoms with Gasteiger partial charge in [-0.2, -0.15) is 33.9 Å². The largest absolute Gasteiger partial charge is 0.177 e. The molecule has 0 unspecified atom stereocenters. The van der Waals surface area contributed by atoms with E-state index in [4.69, 9.17) is 0 Å². The smallest absolute Gasteiger partial charge is 0 e. The van der Waals surface area contributed by atoms with Crippen LogP contribution in [0.15, 0.2) is 0 Å². The third-order valence-electron chi connectivity index (χ3n) is 2.62. The van der Waals surface area contributed by atoms with Crippen molar-refractivity contribution < 1.29 is 21.1 Å². The van der Waals surface area contributed by atoms with Gasteiger partial charge in [-0.15, -0.1) is 0 Å². The third-order valence-corrected chi connectivity index (χ3v) is 2.62. The summed E-state index contributed by atoms with van der Waals surface area (Å²) in [6.45, 7) is 10.7. The molecule has 0 nitrogen and oxygen atoms in total. The summed E-state index contributed by atoms with van der Waals surface area (Å²) >= 11 is 0. The quantitative estimate of drug-likeness (QED) is 0.641. The number of rotatable bonds is 0. The Hall–Kier alpha value is -0.0917. The molecule has 0 fully saturated rings. The minimum Gasteiger partial charge on any atom is -0.177 e. The monoisotopic (exact) mass is 331 g/mol. The first-order valence-electron chi connectivity index (χ1n) is 4.00. The van der Waals surface area contributed by atoms with Crippen LogP contribution in [0.4, 0.5) is 0 Å². The summed E-state index contributed by atoms with van der Waals surface area (Å²) < 4.78 is 0. The SMILES string of the molecule is Cc1[c-]c(C)c(C)c(C)c1C.[W]. The molecule has 12 heavy (non-hydrogen) atoms. The summed E-state index contributed by atoms with van der Waals surface area (Å²) in [6.07, 6.45) is 0. The molecule has 0 amide bonds. The fourth-order valence-electron chi connectivity index (χ4n) is 1.31. The second kappa shape index (κ2) is 4.23. The summed E-state index contributed by atoms with van der Waals surface area (Å²) in [5.74, 6) is 0. The molecule has 1 heteroatoms. The normalized spacial score (nSPS) is 9.42. The van der Waals surface area contributed by atoms with E-state index in [-0.39, 0.29) is 21.1 Å². The molecular formula is C11H15W-. The maximum atomic E-state index is 3.35. The van der Waals surface area contributed by atoms with Gasteiger partial charge in [-0.25, -0.2) is 0 Å². The van der Waals surface area contributed by atoms with Crippen molar-refractivity contribution in [3.8, 4) is 0 Å². The summed E-state index contributed by atoms with van der Waals surface area (Å²) in [5.41, 5.74) is 6.75. The van der Waals surface area contributed by atoms with Crippen LogP contribution in [0.5, 0.6) is 0 Å². The third kappa shape index (κ3) is 1.98. The first kappa shape index (κ1) is 11.9. The Bertz CT molecular complexity index is 261. The van der Waals surface area contributed by atoms with E-state index in [1.165, 1.54) is 27.8 Å². The molecule has 0 spiro atoms. The van der Waals surface area contributed by atoms with E-state index >= 15 is 0 Å². The van der Waals surface area contributed by atoms with Crippen molar-refractivity contribution in [2.45, 2.75) is 34.6 Å². The van der Waals surface area contributed by atoms with Crippen LogP contribution in [0.1, 0.15) is 27.8 Å². The van der Waals surface area contributed by atoms with Gasteiger partial charge in [0.1, 0.15) is 0 Å². The molecular weight excluding hydrogens is 316 g/mol. The van der Waals surface area contributed by atoms with Gasteiger partial charge in [0.2, 0.25) is 0 Å². The Morgan fingerprint density at radius 1 is 0.667 bits per heavy atom. The van der Waals surface area contributed by atoms with Gasteiger partial charge in [-0.3, -0.25) is 0 Å². The molecule has 0 N–H and O–H groups in total. The van der Waals surface area contributed by atoms with E-state index in [0.717, 1.165) is 0 Å². The maximum absolute atomic E-state index is 3.35. The van der Waals surface area contributed by atoms with E-state index in [1.807, 2.05) is 0 Å². The van der Waals surface area contributed by atoms with Crippen molar-refractivity contribution in [3.05, 3.63) is 33.9 Å². The van der Waals surface area contributed by atoms with Crippen molar-refractivity contribution in [3.63, 3.8) is 0 Å². The Morgan fingerprint density at radius 3 is 1.33 bits per heavy atom. The van der Waals surface area contributed by atoms with Crippen LogP contribution in [0, 0.1) is 40.7 Å². The first-order valence-corrected chi connectivity index (χ1v) is 4.00. The number of hydrogen-bond acceptors (Lipinski definition) is 0. The number of benzene rings is 1. The molecule has 0 saturated carbocycles. The van der Waals surface area contributed by atoms with E-state index < -0.39 is 0 Å². The Labute approximate surface area is 89.6 Å². The van der Waals surface area contributed by atoms with Gasteiger partial charge >= 0.3 is 0 Å². The van der Waals surface area contributed by atoms with Crippen molar-refractivity contribution >= 4 is 0 Å². The average Bonchev–Trinajstić information content (AvgIpc) is 1.97. The van der Waals surface area contributed by atoms with E-state index in [0.29, 0.717) is 0 Å². The van der Waals surface area contributed by atoms with Crippen molar-refractivity contribution in [1.29, 1.82) is 0 Å². The predicted octanol–water partition coefficient (Wildman–Crippen LogP) is 3.03. The van der Waals surface area contributed by atoms with Crippen LogP contribution in [0.25, 0.3) is 0 Å². The topological polar surface area (TPSA) is 0 Å². The second-order valence-corrected chi connectivity index (χ2v) is 3.25. The van der Waals surface area contributed by atoms with Crippen LogP contribution in [-0.2, 0) is 21.1 Å². The van der Waals surface area contributed by atoms with E-state index in [9.17, 15) is 0 Å². The molecule has 1 aromatic carbocycles. The van der Waals surface area contributed by atoms with Gasteiger partial charge in [0, 0.05) is 21.1 Å². The summed E-state index contributed by atoms with van der Waals surface area (Å²) in [4.78, 5) is 0. The van der Waals surface area contributed by atoms with E-state index in [2.05, 4.69) is 40.7 Å². The zero-order chi connectivity index (χ0) is 8.59. The zero-order valence-electron chi connectivity index (χ0n) is 8.41. The van der Waals surface area contributed by atoms with Gasteiger partial charge in [0.15, 0.2) is 0 Å². The molecule has 0 radical (unpaired) electrons. The van der Waals surface area contributed by atoms with Crippen LogP contribution >= 0.6 is 0 Å². The molecule has 1 rings (SSSR count). The number of aryl methyl sites for hydroxylation is 2. The molecule has 0 aromatic heterocycles. The molecule has 0 saturated heterocycles. The Kier molecular flexibility index (Phi) is 4.20. The fraction of sp³-hybridized carbons (Fsp3) is 0.455. The van der Waals surface area contributed by atoms with Gasteiger partial charge in [0.25, 0.3) is 0 Å². The first-order chi connectivity index (χ1) is 5.04. The van der Waals surface area contributed by atoms with Gasteiger partial charge in [-0.05, 0) is 0 Å². The molecule has 0 aliphatic rings. The fourth-order valence-corrected chi connectivity index (χ4v) is 1.31. The van der Waals surface area contributed by atoms with Gasteiger partial charge < -0.3 is 0 Å². The summed E-state index contributed by atoms with van der Waals surface area (Å²) in [6, 6.07) is 3.35. The van der Waals surface area contributed by atoms with Gasteiger partial charge in [0.05, 0.1) is 0 Å². The van der Waals surface area contributed by atoms with Gasteiger partial charge in [-0.1, -0.05) is 34.6 Å². The van der Waals surface area contributed by atoms with Crippen molar-refractivity contribution in [2.24, 2.45) is 0 Å². The van der Waals surface area contributed by atoms with Crippen LogP contribution in [0.2, 0.25) is 0 Å². The molecule has 0 heterocycles. The molecule has 0 atom stereocenters. The minimum absolute atomic E-state index is 0. The predicted molar refractivity (Wildman–Crippen MR) is 49.0 cm³/mol.